The molecular weight excluding hydrogens is 268 g/mol. The molecule has 3 nitrogen and oxygen atoms in total. The molecule has 0 aliphatic carbocycles. The highest BCUT2D eigenvalue weighted by Crippen LogP contribution is 2.22. The Hall–Kier alpha value is -1.42. The van der Waals surface area contributed by atoms with Crippen LogP contribution in [0.15, 0.2) is 30.5 Å². The molecule has 1 aromatic heterocycles. The number of H-pyrrole nitrogens is 1. The maximum Gasteiger partial charge on any atom is 0.223 e. The first-order chi connectivity index (χ1) is 9.84. The molecule has 4 heteroatoms. The van der Waals surface area contributed by atoms with Gasteiger partial charge in [0.05, 0.1) is 0 Å². The fourth-order valence-corrected chi connectivity index (χ4v) is 3.87. The van der Waals surface area contributed by atoms with Crippen molar-refractivity contribution in [1.82, 2.24) is 10.3 Å². The summed E-state index contributed by atoms with van der Waals surface area (Å²) in [6.45, 7) is 0.727. The highest BCUT2D eigenvalue weighted by molar-refractivity contribution is 7.99. The minimum Gasteiger partial charge on any atom is -0.361 e. The molecule has 0 unspecified atom stereocenters. The maximum atomic E-state index is 12.1. The first-order valence-electron chi connectivity index (χ1n) is 7.25. The summed E-state index contributed by atoms with van der Waals surface area (Å²) >= 11 is 1.96. The molecule has 0 bridgehead atoms. The SMILES string of the molecule is O=C(NCCc1c[nH]c2ccccc12)C1CCSCC1. The number of aromatic nitrogens is 1. The number of benzene rings is 1. The molecule has 3 rings (SSSR count). The van der Waals surface area contributed by atoms with Crippen LogP contribution in [0.1, 0.15) is 18.4 Å². The molecule has 2 heterocycles. The molecule has 1 aliphatic heterocycles. The van der Waals surface area contributed by atoms with Gasteiger partial charge >= 0.3 is 0 Å². The standard InChI is InChI=1S/C16H20N2OS/c19-16(12-6-9-20-10-7-12)17-8-5-13-11-18-15-4-2-1-3-14(13)15/h1-4,11-12,18H,5-10H2,(H,17,19). The maximum absolute atomic E-state index is 12.1. The van der Waals surface area contributed by atoms with Crippen LogP contribution in [0.25, 0.3) is 10.9 Å². The Labute approximate surface area is 123 Å². The van der Waals surface area contributed by atoms with Crippen LogP contribution < -0.4 is 5.32 Å². The number of fused-ring (bicyclic) bond motifs is 1. The number of rotatable bonds is 4. The zero-order valence-corrected chi connectivity index (χ0v) is 12.3. The number of hydrogen-bond donors (Lipinski definition) is 2. The van der Waals surface area contributed by atoms with Crippen LogP contribution in [0.5, 0.6) is 0 Å². The van der Waals surface area contributed by atoms with Crippen molar-refractivity contribution >= 4 is 28.6 Å². The second kappa shape index (κ2) is 6.35. The van der Waals surface area contributed by atoms with Gasteiger partial charge in [0.2, 0.25) is 5.91 Å². The number of aromatic amines is 1. The molecule has 0 atom stereocenters. The van der Waals surface area contributed by atoms with Crippen LogP contribution in [-0.4, -0.2) is 28.9 Å². The summed E-state index contributed by atoms with van der Waals surface area (Å²) in [5, 5.41) is 4.35. The predicted octanol–water partition coefficient (Wildman–Crippen LogP) is 2.97. The van der Waals surface area contributed by atoms with E-state index in [4.69, 9.17) is 0 Å². The molecule has 1 saturated heterocycles. The number of para-hydroxylation sites is 1. The second-order valence-electron chi connectivity index (χ2n) is 5.29. The highest BCUT2D eigenvalue weighted by Gasteiger charge is 2.20. The first-order valence-corrected chi connectivity index (χ1v) is 8.40. The van der Waals surface area contributed by atoms with Crippen molar-refractivity contribution in [3.63, 3.8) is 0 Å². The molecule has 1 aromatic carbocycles. The van der Waals surface area contributed by atoms with E-state index in [0.717, 1.165) is 42.8 Å². The lowest BCUT2D eigenvalue weighted by atomic mass is 10.0. The smallest absolute Gasteiger partial charge is 0.223 e. The molecule has 2 aromatic rings. The Morgan fingerprint density at radius 3 is 2.95 bits per heavy atom. The van der Waals surface area contributed by atoms with E-state index >= 15 is 0 Å². The summed E-state index contributed by atoms with van der Waals surface area (Å²) in [4.78, 5) is 15.3. The fourth-order valence-electron chi connectivity index (χ4n) is 2.76. The third-order valence-corrected chi connectivity index (χ3v) is 5.01. The van der Waals surface area contributed by atoms with Gasteiger partial charge in [-0.3, -0.25) is 4.79 Å². The summed E-state index contributed by atoms with van der Waals surface area (Å²) in [6.07, 6.45) is 5.00. The van der Waals surface area contributed by atoms with E-state index in [1.165, 1.54) is 10.9 Å². The quantitative estimate of drug-likeness (QED) is 0.908. The largest absolute Gasteiger partial charge is 0.361 e. The van der Waals surface area contributed by atoms with Gasteiger partial charge in [-0.25, -0.2) is 0 Å². The molecule has 106 valence electrons. The Bertz CT molecular complexity index is 587. The molecular formula is C16H20N2OS. The van der Waals surface area contributed by atoms with E-state index in [2.05, 4.69) is 28.5 Å². The molecule has 1 amide bonds. The lowest BCUT2D eigenvalue weighted by molar-refractivity contribution is -0.125. The van der Waals surface area contributed by atoms with Crippen LogP contribution in [-0.2, 0) is 11.2 Å². The third kappa shape index (κ3) is 3.01. The summed E-state index contributed by atoms with van der Waals surface area (Å²) in [5.41, 5.74) is 2.44. The lowest BCUT2D eigenvalue weighted by Gasteiger charge is -2.20. The van der Waals surface area contributed by atoms with Gasteiger partial charge in [-0.1, -0.05) is 18.2 Å². The first kappa shape index (κ1) is 13.6. The van der Waals surface area contributed by atoms with Crippen molar-refractivity contribution in [3.8, 4) is 0 Å². The van der Waals surface area contributed by atoms with Gasteiger partial charge in [0.15, 0.2) is 0 Å². The minimum atomic E-state index is 0.235. The van der Waals surface area contributed by atoms with Crippen LogP contribution in [0.4, 0.5) is 0 Å². The molecule has 2 N–H and O–H groups in total. The van der Waals surface area contributed by atoms with Crippen molar-refractivity contribution in [2.75, 3.05) is 18.1 Å². The van der Waals surface area contributed by atoms with Gasteiger partial charge in [-0.2, -0.15) is 11.8 Å². The monoisotopic (exact) mass is 288 g/mol. The van der Waals surface area contributed by atoms with Crippen molar-refractivity contribution in [3.05, 3.63) is 36.0 Å². The van der Waals surface area contributed by atoms with Crippen molar-refractivity contribution < 1.29 is 4.79 Å². The summed E-state index contributed by atoms with van der Waals surface area (Å²) < 4.78 is 0. The normalized spacial score (nSPS) is 16.4. The van der Waals surface area contributed by atoms with Gasteiger partial charge in [0.1, 0.15) is 0 Å². The van der Waals surface area contributed by atoms with Crippen LogP contribution in [0.3, 0.4) is 0 Å². The fraction of sp³-hybridized carbons (Fsp3) is 0.438. The number of amides is 1. The Morgan fingerprint density at radius 1 is 1.30 bits per heavy atom. The minimum absolute atomic E-state index is 0.235. The Morgan fingerprint density at radius 2 is 2.10 bits per heavy atom. The number of nitrogens with one attached hydrogen (secondary N) is 2. The number of thioether (sulfide) groups is 1. The summed E-state index contributed by atoms with van der Waals surface area (Å²) in [6, 6.07) is 8.29. The van der Waals surface area contributed by atoms with Crippen molar-refractivity contribution in [2.45, 2.75) is 19.3 Å². The van der Waals surface area contributed by atoms with Gasteiger partial charge in [0, 0.05) is 29.6 Å². The van der Waals surface area contributed by atoms with Gasteiger partial charge in [-0.05, 0) is 42.4 Å². The number of carbonyl (C=O) groups excluding carboxylic acids is 1. The molecule has 20 heavy (non-hydrogen) atoms. The van der Waals surface area contributed by atoms with Gasteiger partial charge in [0.25, 0.3) is 0 Å². The van der Waals surface area contributed by atoms with Crippen LogP contribution in [0, 0.1) is 5.92 Å². The lowest BCUT2D eigenvalue weighted by Crippen LogP contribution is -2.34. The van der Waals surface area contributed by atoms with Crippen molar-refractivity contribution in [1.29, 1.82) is 0 Å². The third-order valence-electron chi connectivity index (χ3n) is 3.96. The van der Waals surface area contributed by atoms with Crippen LogP contribution in [0.2, 0.25) is 0 Å². The topological polar surface area (TPSA) is 44.9 Å². The zero-order valence-electron chi connectivity index (χ0n) is 11.5. The van der Waals surface area contributed by atoms with Crippen molar-refractivity contribution in [2.24, 2.45) is 5.92 Å². The molecule has 0 radical (unpaired) electrons. The second-order valence-corrected chi connectivity index (χ2v) is 6.51. The van der Waals surface area contributed by atoms with E-state index in [9.17, 15) is 4.79 Å². The molecule has 0 saturated carbocycles. The Kier molecular flexibility index (Phi) is 4.31. The number of hydrogen-bond acceptors (Lipinski definition) is 2. The molecule has 0 spiro atoms. The van der Waals surface area contributed by atoms with E-state index in [0.29, 0.717) is 0 Å². The molecule has 1 fully saturated rings. The van der Waals surface area contributed by atoms with Gasteiger partial charge < -0.3 is 10.3 Å². The van der Waals surface area contributed by atoms with E-state index in [1.807, 2.05) is 24.0 Å². The number of carbonyl (C=O) groups is 1. The van der Waals surface area contributed by atoms with Crippen LogP contribution >= 0.6 is 11.8 Å². The summed E-state index contributed by atoms with van der Waals surface area (Å²) in [7, 11) is 0. The highest BCUT2D eigenvalue weighted by atomic mass is 32.2. The average Bonchev–Trinajstić information content (AvgIpc) is 2.92. The predicted molar refractivity (Wildman–Crippen MR) is 85.1 cm³/mol. The summed E-state index contributed by atoms with van der Waals surface area (Å²) in [5.74, 6) is 2.73. The van der Waals surface area contributed by atoms with E-state index in [1.54, 1.807) is 0 Å². The average molecular weight is 288 g/mol. The van der Waals surface area contributed by atoms with Gasteiger partial charge in [-0.15, -0.1) is 0 Å². The Balaban J connectivity index is 1.53. The molecule has 1 aliphatic rings. The van der Waals surface area contributed by atoms with E-state index < -0.39 is 0 Å². The van der Waals surface area contributed by atoms with E-state index in [-0.39, 0.29) is 11.8 Å². The zero-order chi connectivity index (χ0) is 13.8.